The van der Waals surface area contributed by atoms with Gasteiger partial charge in [0.1, 0.15) is 0 Å². The molecule has 1 saturated heterocycles. The summed E-state index contributed by atoms with van der Waals surface area (Å²) in [4.78, 5) is 0. The lowest BCUT2D eigenvalue weighted by molar-refractivity contribution is -0.160. The van der Waals surface area contributed by atoms with Gasteiger partial charge in [-0.25, -0.2) is 0 Å². The van der Waals surface area contributed by atoms with Crippen LogP contribution in [0.4, 0.5) is 0 Å². The van der Waals surface area contributed by atoms with E-state index in [1.54, 1.807) is 0 Å². The molecular formula is C10H20O2. The van der Waals surface area contributed by atoms with Crippen LogP contribution in [-0.2, 0) is 9.47 Å². The SMILES string of the molecule is CCC(C)C1COC(C)(CC)O1. The quantitative estimate of drug-likeness (QED) is 0.651. The first-order chi connectivity index (χ1) is 5.61. The van der Waals surface area contributed by atoms with E-state index in [1.165, 1.54) is 0 Å². The Balaban J connectivity index is 2.45. The number of hydrogen-bond donors (Lipinski definition) is 0. The molecule has 0 saturated carbocycles. The maximum absolute atomic E-state index is 5.83. The molecule has 0 bridgehead atoms. The van der Waals surface area contributed by atoms with Gasteiger partial charge in [-0.3, -0.25) is 0 Å². The molecule has 0 N–H and O–H groups in total. The lowest BCUT2D eigenvalue weighted by Gasteiger charge is -2.22. The standard InChI is InChI=1S/C10H20O2/c1-5-8(3)9-7-11-10(4,6-2)12-9/h8-9H,5-7H2,1-4H3. The highest BCUT2D eigenvalue weighted by atomic mass is 16.7. The van der Waals surface area contributed by atoms with Crippen molar-refractivity contribution in [2.24, 2.45) is 5.92 Å². The monoisotopic (exact) mass is 172 g/mol. The Morgan fingerprint density at radius 3 is 2.58 bits per heavy atom. The molecule has 0 radical (unpaired) electrons. The molecule has 0 aliphatic carbocycles. The van der Waals surface area contributed by atoms with Crippen LogP contribution in [0.1, 0.15) is 40.5 Å². The minimum Gasteiger partial charge on any atom is -0.348 e. The number of hydrogen-bond acceptors (Lipinski definition) is 2. The van der Waals surface area contributed by atoms with Crippen molar-refractivity contribution in [2.75, 3.05) is 6.61 Å². The molecular weight excluding hydrogens is 152 g/mol. The maximum Gasteiger partial charge on any atom is 0.165 e. The second kappa shape index (κ2) is 3.75. The molecule has 0 aromatic heterocycles. The van der Waals surface area contributed by atoms with E-state index < -0.39 is 0 Å². The van der Waals surface area contributed by atoms with Gasteiger partial charge in [-0.15, -0.1) is 0 Å². The lowest BCUT2D eigenvalue weighted by Crippen LogP contribution is -2.27. The van der Waals surface area contributed by atoms with E-state index in [-0.39, 0.29) is 5.79 Å². The second-order valence-corrected chi connectivity index (χ2v) is 3.84. The molecule has 0 spiro atoms. The molecule has 1 rings (SSSR count). The van der Waals surface area contributed by atoms with Gasteiger partial charge in [-0.05, 0) is 19.3 Å². The van der Waals surface area contributed by atoms with Gasteiger partial charge in [0, 0.05) is 0 Å². The van der Waals surface area contributed by atoms with Crippen LogP contribution >= 0.6 is 0 Å². The molecule has 12 heavy (non-hydrogen) atoms. The Morgan fingerprint density at radius 1 is 1.50 bits per heavy atom. The predicted octanol–water partition coefficient (Wildman–Crippen LogP) is 2.57. The topological polar surface area (TPSA) is 18.5 Å². The van der Waals surface area contributed by atoms with Crippen molar-refractivity contribution in [1.82, 2.24) is 0 Å². The zero-order valence-electron chi connectivity index (χ0n) is 8.59. The lowest BCUT2D eigenvalue weighted by atomic mass is 10.0. The molecule has 3 atom stereocenters. The van der Waals surface area contributed by atoms with Gasteiger partial charge in [0.25, 0.3) is 0 Å². The molecule has 1 aliphatic rings. The Hall–Kier alpha value is -0.0800. The average Bonchev–Trinajstić information content (AvgIpc) is 2.48. The molecule has 72 valence electrons. The van der Waals surface area contributed by atoms with Crippen molar-refractivity contribution in [3.63, 3.8) is 0 Å². The highest BCUT2D eigenvalue weighted by molar-refractivity contribution is 4.76. The van der Waals surface area contributed by atoms with E-state index in [1.807, 2.05) is 6.92 Å². The highest BCUT2D eigenvalue weighted by Crippen LogP contribution is 2.30. The van der Waals surface area contributed by atoms with Crippen molar-refractivity contribution in [1.29, 1.82) is 0 Å². The summed E-state index contributed by atoms with van der Waals surface area (Å²) in [6.07, 6.45) is 2.40. The Kier molecular flexibility index (Phi) is 3.13. The molecule has 2 heteroatoms. The van der Waals surface area contributed by atoms with Gasteiger partial charge in [0.05, 0.1) is 12.7 Å². The van der Waals surface area contributed by atoms with Crippen molar-refractivity contribution in [3.8, 4) is 0 Å². The van der Waals surface area contributed by atoms with E-state index in [9.17, 15) is 0 Å². The van der Waals surface area contributed by atoms with Crippen LogP contribution in [-0.4, -0.2) is 18.5 Å². The van der Waals surface area contributed by atoms with Crippen molar-refractivity contribution in [3.05, 3.63) is 0 Å². The summed E-state index contributed by atoms with van der Waals surface area (Å²) in [6, 6.07) is 0. The third-order valence-electron chi connectivity index (χ3n) is 2.87. The zero-order chi connectivity index (χ0) is 9.19. The van der Waals surface area contributed by atoms with E-state index in [2.05, 4.69) is 20.8 Å². The first kappa shape index (κ1) is 10.0. The molecule has 3 unspecified atom stereocenters. The van der Waals surface area contributed by atoms with Gasteiger partial charge in [-0.2, -0.15) is 0 Å². The van der Waals surface area contributed by atoms with Crippen LogP contribution in [0.15, 0.2) is 0 Å². The summed E-state index contributed by atoms with van der Waals surface area (Å²) in [6.45, 7) is 9.29. The van der Waals surface area contributed by atoms with Crippen molar-refractivity contribution in [2.45, 2.75) is 52.4 Å². The van der Waals surface area contributed by atoms with Gasteiger partial charge in [0.2, 0.25) is 0 Å². The molecule has 0 amide bonds. The van der Waals surface area contributed by atoms with Crippen LogP contribution in [0.5, 0.6) is 0 Å². The zero-order valence-corrected chi connectivity index (χ0v) is 8.59. The summed E-state index contributed by atoms with van der Waals surface area (Å²) in [5, 5.41) is 0. The van der Waals surface area contributed by atoms with Crippen LogP contribution in [0.2, 0.25) is 0 Å². The fraction of sp³-hybridized carbons (Fsp3) is 1.00. The van der Waals surface area contributed by atoms with Crippen LogP contribution in [0.25, 0.3) is 0 Å². The Morgan fingerprint density at radius 2 is 2.17 bits per heavy atom. The summed E-state index contributed by atoms with van der Waals surface area (Å²) in [5.74, 6) is 0.298. The van der Waals surface area contributed by atoms with Crippen LogP contribution in [0.3, 0.4) is 0 Å². The maximum atomic E-state index is 5.83. The van der Waals surface area contributed by atoms with Crippen LogP contribution in [0, 0.1) is 5.92 Å². The smallest absolute Gasteiger partial charge is 0.165 e. The summed E-state index contributed by atoms with van der Waals surface area (Å²) in [7, 11) is 0. The van der Waals surface area contributed by atoms with E-state index in [0.29, 0.717) is 12.0 Å². The molecule has 1 aliphatic heterocycles. The third kappa shape index (κ3) is 1.99. The first-order valence-corrected chi connectivity index (χ1v) is 4.93. The molecule has 0 aromatic rings. The average molecular weight is 172 g/mol. The summed E-state index contributed by atoms with van der Waals surface area (Å²) in [5.41, 5.74) is 0. The fourth-order valence-corrected chi connectivity index (χ4v) is 1.38. The second-order valence-electron chi connectivity index (χ2n) is 3.84. The van der Waals surface area contributed by atoms with E-state index in [0.717, 1.165) is 19.4 Å². The minimum absolute atomic E-state index is 0.306. The van der Waals surface area contributed by atoms with E-state index >= 15 is 0 Å². The van der Waals surface area contributed by atoms with Gasteiger partial charge in [-0.1, -0.05) is 27.2 Å². The molecule has 0 aromatic carbocycles. The largest absolute Gasteiger partial charge is 0.348 e. The van der Waals surface area contributed by atoms with Gasteiger partial charge >= 0.3 is 0 Å². The number of ether oxygens (including phenoxy) is 2. The highest BCUT2D eigenvalue weighted by Gasteiger charge is 2.37. The molecule has 2 nitrogen and oxygen atoms in total. The molecule has 1 heterocycles. The Bertz CT molecular complexity index is 147. The number of rotatable bonds is 3. The summed E-state index contributed by atoms with van der Waals surface area (Å²) >= 11 is 0. The normalized spacial score (nSPS) is 38.5. The van der Waals surface area contributed by atoms with Crippen molar-refractivity contribution >= 4 is 0 Å². The third-order valence-corrected chi connectivity index (χ3v) is 2.87. The first-order valence-electron chi connectivity index (χ1n) is 4.93. The fourth-order valence-electron chi connectivity index (χ4n) is 1.38. The Labute approximate surface area is 75.2 Å². The minimum atomic E-state index is -0.311. The van der Waals surface area contributed by atoms with E-state index in [4.69, 9.17) is 9.47 Å². The van der Waals surface area contributed by atoms with Gasteiger partial charge in [0.15, 0.2) is 5.79 Å². The predicted molar refractivity (Wildman–Crippen MR) is 49.0 cm³/mol. The van der Waals surface area contributed by atoms with Crippen LogP contribution < -0.4 is 0 Å². The summed E-state index contributed by atoms with van der Waals surface area (Å²) < 4.78 is 11.4. The molecule has 1 fully saturated rings. The van der Waals surface area contributed by atoms with Crippen molar-refractivity contribution < 1.29 is 9.47 Å². The van der Waals surface area contributed by atoms with Gasteiger partial charge < -0.3 is 9.47 Å².